The average molecular weight is 851 g/mol. The predicted molar refractivity (Wildman–Crippen MR) is 199 cm³/mol. The zero-order valence-electron chi connectivity index (χ0n) is 28.9. The molecule has 0 amide bonds. The van der Waals surface area contributed by atoms with Crippen LogP contribution in [0.25, 0.3) is 55.2 Å². The Morgan fingerprint density at radius 3 is 2.11 bits per heavy atom. The molecule has 0 saturated heterocycles. The largest absolute Gasteiger partial charge is 0.305 e. The number of pyridine rings is 2. The van der Waals surface area contributed by atoms with Crippen molar-refractivity contribution in [3.8, 4) is 33.6 Å². The molecule has 7 aromatic rings. The number of aryl methyl sites for hydroxylation is 1. The van der Waals surface area contributed by atoms with Gasteiger partial charge in [-0.2, -0.15) is 0 Å². The third-order valence-corrected chi connectivity index (χ3v) is 12.7. The first kappa shape index (κ1) is 33.0. The second-order valence-electron chi connectivity index (χ2n) is 13.1. The standard InChI is InChI=1S/C22H18N.C21H22GeN.Ir/c1-15(2)17-11-12-23-22(14-17)19-9-10-21-18(13-19)8-7-16-5-3-4-6-20(16)21;1-16-10-11-18(14-20(16)17-8-6-5-7-9-17)21-13-12-19(15-23-21)22(2,3)4;/h3-8,10-15H,1-2H3;5-10,12-15H,1-4H3;/q2*-1;/i15D;;. The van der Waals surface area contributed by atoms with Gasteiger partial charge in [0.2, 0.25) is 0 Å². The Hall–Kier alpha value is -3.89. The SMILES string of the molecule is Cc1c[c-]c(-c2cc[c]([Ge]([CH3])([CH3])[CH3])cn2)cc1-c1ccccc1.[2H]C(C)(C)c1ccnc(-c2[c-]cc3c(ccc4ccccc43)c2)c1.[Ir]. The number of benzene rings is 5. The van der Waals surface area contributed by atoms with Gasteiger partial charge >= 0.3 is 142 Å². The topological polar surface area (TPSA) is 25.8 Å². The van der Waals surface area contributed by atoms with E-state index in [1.165, 1.54) is 42.6 Å². The first-order valence-corrected chi connectivity index (χ1v) is 23.2. The van der Waals surface area contributed by atoms with E-state index in [1.54, 1.807) is 6.20 Å². The first-order valence-electron chi connectivity index (χ1n) is 16.3. The number of hydrogen-bond acceptors (Lipinski definition) is 2. The second kappa shape index (κ2) is 14.9. The van der Waals surface area contributed by atoms with Crippen LogP contribution in [0.2, 0.25) is 17.3 Å². The zero-order chi connectivity index (χ0) is 33.2. The Balaban J connectivity index is 0.000000184. The van der Waals surface area contributed by atoms with Gasteiger partial charge in [0.1, 0.15) is 0 Å². The van der Waals surface area contributed by atoms with Crippen molar-refractivity contribution in [2.75, 3.05) is 0 Å². The van der Waals surface area contributed by atoms with Crippen molar-refractivity contribution in [3.05, 3.63) is 151 Å². The molecule has 2 nitrogen and oxygen atoms in total. The molecule has 47 heavy (non-hydrogen) atoms. The molecule has 1 radical (unpaired) electrons. The molecular formula is C43H40GeIrN2-2. The third-order valence-electron chi connectivity index (χ3n) is 8.44. The second-order valence-corrected chi connectivity index (χ2v) is 23.7. The quantitative estimate of drug-likeness (QED) is 0.0980. The molecule has 0 bridgehead atoms. The van der Waals surface area contributed by atoms with Crippen molar-refractivity contribution in [1.82, 2.24) is 9.97 Å². The van der Waals surface area contributed by atoms with Crippen LogP contribution in [0.4, 0.5) is 0 Å². The number of hydrogen-bond donors (Lipinski definition) is 0. The molecular weight excluding hydrogens is 809 g/mol. The van der Waals surface area contributed by atoms with Gasteiger partial charge in [0.25, 0.3) is 0 Å². The summed E-state index contributed by atoms with van der Waals surface area (Å²) in [4.78, 5) is 9.17. The van der Waals surface area contributed by atoms with Crippen LogP contribution in [0.3, 0.4) is 0 Å². The maximum atomic E-state index is 8.22. The molecule has 0 fully saturated rings. The van der Waals surface area contributed by atoms with Gasteiger partial charge < -0.3 is 4.98 Å². The van der Waals surface area contributed by atoms with E-state index < -0.39 is 19.2 Å². The van der Waals surface area contributed by atoms with Gasteiger partial charge in [-0.1, -0.05) is 72.6 Å². The summed E-state index contributed by atoms with van der Waals surface area (Å²) in [5, 5.41) is 4.86. The molecule has 0 aliphatic heterocycles. The summed E-state index contributed by atoms with van der Waals surface area (Å²) in [6.45, 7) is 5.91. The van der Waals surface area contributed by atoms with Gasteiger partial charge in [-0.05, 0) is 23.0 Å². The Morgan fingerprint density at radius 2 is 1.38 bits per heavy atom. The van der Waals surface area contributed by atoms with Crippen molar-refractivity contribution in [1.29, 1.82) is 0 Å². The summed E-state index contributed by atoms with van der Waals surface area (Å²) in [5.41, 5.74) is 8.56. The molecule has 7 rings (SSSR count). The molecule has 4 heteroatoms. The Morgan fingerprint density at radius 1 is 0.681 bits per heavy atom. The first-order chi connectivity index (χ1) is 22.5. The summed E-state index contributed by atoms with van der Waals surface area (Å²) in [6, 6.07) is 46.7. The smallest absolute Gasteiger partial charge is 0.0346 e. The van der Waals surface area contributed by atoms with E-state index in [9.17, 15) is 0 Å². The average Bonchev–Trinajstić information content (AvgIpc) is 3.08. The molecule has 0 aliphatic carbocycles. The predicted octanol–water partition coefficient (Wildman–Crippen LogP) is 11.0. The van der Waals surface area contributed by atoms with E-state index in [4.69, 9.17) is 6.35 Å². The van der Waals surface area contributed by atoms with Crippen molar-refractivity contribution in [2.45, 2.75) is 43.9 Å². The molecule has 0 saturated carbocycles. The summed E-state index contributed by atoms with van der Waals surface area (Å²) < 4.78 is 9.65. The van der Waals surface area contributed by atoms with Crippen LogP contribution >= 0.6 is 0 Å². The van der Waals surface area contributed by atoms with Crippen LogP contribution in [0.5, 0.6) is 0 Å². The fourth-order valence-corrected chi connectivity index (χ4v) is 7.79. The van der Waals surface area contributed by atoms with E-state index in [2.05, 4.69) is 139 Å². The van der Waals surface area contributed by atoms with Crippen molar-refractivity contribution in [2.24, 2.45) is 0 Å². The minimum absolute atomic E-state index is 0. The van der Waals surface area contributed by atoms with Crippen LogP contribution in [-0.4, -0.2) is 23.2 Å². The van der Waals surface area contributed by atoms with Gasteiger partial charge in [-0.3, -0.25) is 0 Å². The molecule has 0 N–H and O–H groups in total. The molecule has 237 valence electrons. The van der Waals surface area contributed by atoms with Crippen LogP contribution in [0, 0.1) is 19.1 Å². The van der Waals surface area contributed by atoms with Crippen molar-refractivity contribution < 1.29 is 21.5 Å². The van der Waals surface area contributed by atoms with Gasteiger partial charge in [-0.15, -0.1) is 29.1 Å². The van der Waals surface area contributed by atoms with Gasteiger partial charge in [0.15, 0.2) is 0 Å². The molecule has 0 unspecified atom stereocenters. The van der Waals surface area contributed by atoms with Crippen LogP contribution < -0.4 is 4.40 Å². The maximum Gasteiger partial charge on any atom is 0.0346 e. The van der Waals surface area contributed by atoms with E-state index in [1.807, 2.05) is 38.1 Å². The van der Waals surface area contributed by atoms with E-state index in [-0.39, 0.29) is 20.1 Å². The van der Waals surface area contributed by atoms with Gasteiger partial charge in [0, 0.05) is 27.7 Å². The maximum absolute atomic E-state index is 8.22. The Bertz CT molecular complexity index is 2170. The molecule has 0 aliphatic rings. The third kappa shape index (κ3) is 7.99. The van der Waals surface area contributed by atoms with Crippen LogP contribution in [-0.2, 0) is 20.1 Å². The summed E-state index contributed by atoms with van der Waals surface area (Å²) in [6.07, 6.45) is 3.84. The summed E-state index contributed by atoms with van der Waals surface area (Å²) in [7, 11) is 0. The Kier molecular flexibility index (Phi) is 10.5. The Labute approximate surface area is 297 Å². The monoisotopic (exact) mass is 852 g/mol. The number of nitrogens with zero attached hydrogens (tertiary/aromatic N) is 2. The minimum atomic E-state index is -1.80. The number of fused-ring (bicyclic) bond motifs is 3. The molecule has 5 aromatic carbocycles. The molecule has 0 atom stereocenters. The number of aromatic nitrogens is 2. The van der Waals surface area contributed by atoms with E-state index >= 15 is 0 Å². The van der Waals surface area contributed by atoms with E-state index in [0.29, 0.717) is 0 Å². The van der Waals surface area contributed by atoms with Crippen LogP contribution in [0.15, 0.2) is 128 Å². The van der Waals surface area contributed by atoms with Crippen molar-refractivity contribution >= 4 is 39.2 Å². The van der Waals surface area contributed by atoms with Crippen LogP contribution in [0.1, 0.15) is 32.2 Å². The van der Waals surface area contributed by atoms with Gasteiger partial charge in [-0.25, -0.2) is 0 Å². The summed E-state index contributed by atoms with van der Waals surface area (Å²) >= 11 is -1.80. The number of rotatable bonds is 5. The minimum Gasteiger partial charge on any atom is -0.305 e. The molecule has 0 spiro atoms. The van der Waals surface area contributed by atoms with Gasteiger partial charge in [0.05, 0.1) is 0 Å². The molecule has 2 heterocycles. The summed E-state index contributed by atoms with van der Waals surface area (Å²) in [5.74, 6) is 6.54. The normalized spacial score (nSPS) is 11.7. The zero-order valence-corrected chi connectivity index (χ0v) is 32.3. The fraction of sp³-hybridized carbons (Fsp3) is 0.163. The molecule has 2 aromatic heterocycles. The fourth-order valence-electron chi connectivity index (χ4n) is 5.62. The van der Waals surface area contributed by atoms with E-state index in [0.717, 1.165) is 28.1 Å². The van der Waals surface area contributed by atoms with Crippen molar-refractivity contribution in [3.63, 3.8) is 0 Å².